The standard InChI is InChI=1S/C24H19N3O3/c1-16(28)23-12-20-21(9-10-22(29-2)24(20)30-23)27(15-18-4-3-11-26-14-18)19-7-5-17(13-25)6-8-19/h3-12,14H,15H2,1-2H3. The van der Waals surface area contributed by atoms with Gasteiger partial charge in [-0.25, -0.2) is 0 Å². The predicted molar refractivity (Wildman–Crippen MR) is 114 cm³/mol. The highest BCUT2D eigenvalue weighted by Crippen LogP contribution is 2.39. The molecule has 0 atom stereocenters. The van der Waals surface area contributed by atoms with E-state index in [0.29, 0.717) is 23.4 Å². The second-order valence-electron chi connectivity index (χ2n) is 6.80. The van der Waals surface area contributed by atoms with Crippen LogP contribution in [0.4, 0.5) is 11.4 Å². The van der Waals surface area contributed by atoms with Crippen LogP contribution in [0.25, 0.3) is 11.0 Å². The van der Waals surface area contributed by atoms with Crippen molar-refractivity contribution in [3.8, 4) is 11.8 Å². The zero-order chi connectivity index (χ0) is 21.1. The summed E-state index contributed by atoms with van der Waals surface area (Å²) >= 11 is 0. The summed E-state index contributed by atoms with van der Waals surface area (Å²) in [5.41, 5.74) is 3.87. The van der Waals surface area contributed by atoms with Gasteiger partial charge in [0, 0.05) is 36.9 Å². The number of pyridine rings is 1. The van der Waals surface area contributed by atoms with Crippen molar-refractivity contribution < 1.29 is 13.9 Å². The molecular weight excluding hydrogens is 378 g/mol. The Bertz CT molecular complexity index is 1240. The van der Waals surface area contributed by atoms with E-state index in [9.17, 15) is 4.79 Å². The van der Waals surface area contributed by atoms with Crippen LogP contribution in [-0.4, -0.2) is 17.9 Å². The number of methoxy groups -OCH3 is 1. The fourth-order valence-corrected chi connectivity index (χ4v) is 3.36. The molecule has 0 bridgehead atoms. The first-order valence-electron chi connectivity index (χ1n) is 9.39. The van der Waals surface area contributed by atoms with Crippen molar-refractivity contribution in [1.29, 1.82) is 5.26 Å². The Kier molecular flexibility index (Phi) is 5.19. The Balaban J connectivity index is 1.90. The minimum Gasteiger partial charge on any atom is -0.493 e. The quantitative estimate of drug-likeness (QED) is 0.414. The summed E-state index contributed by atoms with van der Waals surface area (Å²) in [6.45, 7) is 2.01. The number of carbonyl (C=O) groups is 1. The number of benzene rings is 2. The number of fused-ring (bicyclic) bond motifs is 1. The molecule has 4 aromatic rings. The molecule has 0 spiro atoms. The van der Waals surface area contributed by atoms with E-state index < -0.39 is 0 Å². The molecule has 0 saturated carbocycles. The van der Waals surface area contributed by atoms with E-state index in [1.165, 1.54) is 6.92 Å². The largest absolute Gasteiger partial charge is 0.493 e. The van der Waals surface area contributed by atoms with Crippen molar-refractivity contribution in [2.75, 3.05) is 12.0 Å². The third kappa shape index (κ3) is 3.61. The van der Waals surface area contributed by atoms with Gasteiger partial charge in [-0.15, -0.1) is 0 Å². The second kappa shape index (κ2) is 8.10. The Morgan fingerprint density at radius 1 is 1.20 bits per heavy atom. The summed E-state index contributed by atoms with van der Waals surface area (Å²) in [6.07, 6.45) is 3.55. The molecule has 0 radical (unpaired) electrons. The first-order chi connectivity index (χ1) is 14.6. The monoisotopic (exact) mass is 397 g/mol. The van der Waals surface area contributed by atoms with Gasteiger partial charge in [-0.3, -0.25) is 9.78 Å². The van der Waals surface area contributed by atoms with Crippen LogP contribution in [0.2, 0.25) is 0 Å². The van der Waals surface area contributed by atoms with Gasteiger partial charge < -0.3 is 14.1 Å². The van der Waals surface area contributed by atoms with Gasteiger partial charge in [0.25, 0.3) is 0 Å². The summed E-state index contributed by atoms with van der Waals surface area (Å²) in [5.74, 6) is 0.677. The molecule has 0 N–H and O–H groups in total. The summed E-state index contributed by atoms with van der Waals surface area (Å²) in [5, 5.41) is 9.91. The predicted octanol–water partition coefficient (Wildman–Crippen LogP) is 5.25. The van der Waals surface area contributed by atoms with Crippen LogP contribution in [0.15, 0.2) is 71.4 Å². The van der Waals surface area contributed by atoms with Crippen LogP contribution in [0.5, 0.6) is 5.75 Å². The van der Waals surface area contributed by atoms with Crippen LogP contribution in [0.1, 0.15) is 28.6 Å². The molecule has 0 unspecified atom stereocenters. The molecule has 2 aromatic heterocycles. The lowest BCUT2D eigenvalue weighted by Gasteiger charge is -2.26. The zero-order valence-corrected chi connectivity index (χ0v) is 16.6. The normalized spacial score (nSPS) is 10.6. The SMILES string of the molecule is COc1ccc(N(Cc2cccnc2)c2ccc(C#N)cc2)c2cc(C(C)=O)oc12. The van der Waals surface area contributed by atoms with Crippen LogP contribution < -0.4 is 9.64 Å². The highest BCUT2D eigenvalue weighted by Gasteiger charge is 2.20. The molecule has 148 valence electrons. The number of anilines is 2. The number of carbonyl (C=O) groups excluding carboxylic acids is 1. The second-order valence-corrected chi connectivity index (χ2v) is 6.80. The van der Waals surface area contributed by atoms with E-state index in [1.54, 1.807) is 31.5 Å². The van der Waals surface area contributed by atoms with Gasteiger partial charge in [-0.05, 0) is 54.1 Å². The van der Waals surface area contributed by atoms with E-state index in [-0.39, 0.29) is 11.5 Å². The van der Waals surface area contributed by atoms with Crippen LogP contribution in [0, 0.1) is 11.3 Å². The average molecular weight is 397 g/mol. The highest BCUT2D eigenvalue weighted by molar-refractivity contribution is 6.02. The fraction of sp³-hybridized carbons (Fsp3) is 0.125. The smallest absolute Gasteiger partial charge is 0.194 e. The molecule has 30 heavy (non-hydrogen) atoms. The Morgan fingerprint density at radius 3 is 2.63 bits per heavy atom. The number of hydrogen-bond donors (Lipinski definition) is 0. The lowest BCUT2D eigenvalue weighted by molar-refractivity contribution is 0.0989. The molecule has 0 aliphatic rings. The molecule has 6 nitrogen and oxygen atoms in total. The number of rotatable bonds is 6. The number of ether oxygens (including phenoxy) is 1. The maximum Gasteiger partial charge on any atom is 0.194 e. The van der Waals surface area contributed by atoms with E-state index in [4.69, 9.17) is 14.4 Å². The van der Waals surface area contributed by atoms with Crippen molar-refractivity contribution >= 4 is 28.1 Å². The number of nitrogens with zero attached hydrogens (tertiary/aromatic N) is 3. The van der Waals surface area contributed by atoms with Gasteiger partial charge in [-0.1, -0.05) is 6.07 Å². The molecule has 0 saturated heterocycles. The van der Waals surface area contributed by atoms with Gasteiger partial charge >= 0.3 is 0 Å². The van der Waals surface area contributed by atoms with Crippen LogP contribution in [0.3, 0.4) is 0 Å². The van der Waals surface area contributed by atoms with Crippen LogP contribution >= 0.6 is 0 Å². The molecule has 2 aromatic carbocycles. The van der Waals surface area contributed by atoms with E-state index in [0.717, 1.165) is 22.3 Å². The van der Waals surface area contributed by atoms with Crippen molar-refractivity contribution in [3.05, 3.63) is 83.9 Å². The lowest BCUT2D eigenvalue weighted by atomic mass is 10.1. The van der Waals surface area contributed by atoms with Gasteiger partial charge in [0.2, 0.25) is 0 Å². The molecule has 0 aliphatic heterocycles. The lowest BCUT2D eigenvalue weighted by Crippen LogP contribution is -2.17. The molecule has 4 rings (SSSR count). The number of aromatic nitrogens is 1. The maximum absolute atomic E-state index is 11.9. The maximum atomic E-state index is 11.9. The van der Waals surface area contributed by atoms with Gasteiger partial charge in [-0.2, -0.15) is 5.26 Å². The third-order valence-corrected chi connectivity index (χ3v) is 4.85. The molecule has 6 heteroatoms. The van der Waals surface area contributed by atoms with Gasteiger partial charge in [0.1, 0.15) is 0 Å². The number of ketones is 1. The number of hydrogen-bond acceptors (Lipinski definition) is 6. The Labute approximate surface area is 173 Å². The summed E-state index contributed by atoms with van der Waals surface area (Å²) in [6, 6.07) is 18.9. The van der Waals surface area contributed by atoms with E-state index in [1.807, 2.05) is 42.6 Å². The minimum atomic E-state index is -0.156. The number of furan rings is 1. The van der Waals surface area contributed by atoms with Gasteiger partial charge in [0.15, 0.2) is 22.9 Å². The Morgan fingerprint density at radius 2 is 2.00 bits per heavy atom. The highest BCUT2D eigenvalue weighted by atomic mass is 16.5. The number of Topliss-reactive ketones (excluding diaryl/α,β-unsaturated/α-hetero) is 1. The molecule has 0 amide bonds. The van der Waals surface area contributed by atoms with Crippen molar-refractivity contribution in [3.63, 3.8) is 0 Å². The Hall–Kier alpha value is -4.11. The van der Waals surface area contributed by atoms with Crippen LogP contribution in [-0.2, 0) is 6.54 Å². The molecular formula is C24H19N3O3. The van der Waals surface area contributed by atoms with Crippen molar-refractivity contribution in [2.45, 2.75) is 13.5 Å². The topological polar surface area (TPSA) is 79.4 Å². The van der Waals surface area contributed by atoms with E-state index >= 15 is 0 Å². The molecule has 0 aliphatic carbocycles. The first-order valence-corrected chi connectivity index (χ1v) is 9.39. The minimum absolute atomic E-state index is 0.156. The van der Waals surface area contributed by atoms with Crippen molar-refractivity contribution in [1.82, 2.24) is 4.98 Å². The summed E-state index contributed by atoms with van der Waals surface area (Å²) in [7, 11) is 1.57. The average Bonchev–Trinajstić information content (AvgIpc) is 3.24. The summed E-state index contributed by atoms with van der Waals surface area (Å²) < 4.78 is 11.2. The fourth-order valence-electron chi connectivity index (χ4n) is 3.36. The summed E-state index contributed by atoms with van der Waals surface area (Å²) in [4.78, 5) is 18.3. The van der Waals surface area contributed by atoms with Gasteiger partial charge in [0.05, 0.1) is 24.4 Å². The van der Waals surface area contributed by atoms with E-state index in [2.05, 4.69) is 16.0 Å². The zero-order valence-electron chi connectivity index (χ0n) is 16.6. The first kappa shape index (κ1) is 19.2. The number of nitriles is 1. The van der Waals surface area contributed by atoms with Crippen molar-refractivity contribution in [2.24, 2.45) is 0 Å². The molecule has 2 heterocycles. The molecule has 0 fully saturated rings. The third-order valence-electron chi connectivity index (χ3n) is 4.85.